The van der Waals surface area contributed by atoms with E-state index in [1.165, 1.54) is 0 Å². The fourth-order valence-corrected chi connectivity index (χ4v) is 3.02. The van der Waals surface area contributed by atoms with Gasteiger partial charge in [-0.2, -0.15) is 0 Å². The Morgan fingerprint density at radius 1 is 0.759 bits per heavy atom. The summed E-state index contributed by atoms with van der Waals surface area (Å²) in [6.07, 6.45) is 1.81. The van der Waals surface area contributed by atoms with E-state index in [1.54, 1.807) is 25.1 Å². The van der Waals surface area contributed by atoms with Gasteiger partial charge in [0.25, 0.3) is 0 Å². The molecule has 158 valence electrons. The van der Waals surface area contributed by atoms with Gasteiger partial charge < -0.3 is 18.9 Å². The number of hydrogen-bond acceptors (Lipinski definition) is 6. The molecule has 7 heteroatoms. The molecule has 0 bridgehead atoms. The van der Waals surface area contributed by atoms with Crippen LogP contribution in [0.2, 0.25) is 5.02 Å². The molecule has 29 heavy (non-hydrogen) atoms. The van der Waals surface area contributed by atoms with Crippen molar-refractivity contribution in [1.82, 2.24) is 0 Å². The molecule has 0 heterocycles. The lowest BCUT2D eigenvalue weighted by atomic mass is 10.1. The summed E-state index contributed by atoms with van der Waals surface area (Å²) in [5.41, 5.74) is 0. The van der Waals surface area contributed by atoms with Gasteiger partial charge in [-0.1, -0.05) is 25.4 Å². The molecule has 0 fully saturated rings. The number of ether oxygens (including phenoxy) is 4. The molecule has 0 radical (unpaired) electrons. The van der Waals surface area contributed by atoms with Crippen LogP contribution >= 0.6 is 11.6 Å². The first-order chi connectivity index (χ1) is 14.0. The Bertz CT molecular complexity index is 877. The molecule has 0 aliphatic rings. The zero-order valence-corrected chi connectivity index (χ0v) is 18.1. The number of halogens is 1. The van der Waals surface area contributed by atoms with Crippen LogP contribution in [0, 0.1) is 0 Å². The van der Waals surface area contributed by atoms with Gasteiger partial charge in [-0.3, -0.25) is 9.59 Å². The maximum atomic E-state index is 12.3. The first-order valence-corrected chi connectivity index (χ1v) is 10.3. The van der Waals surface area contributed by atoms with Crippen LogP contribution < -0.4 is 18.9 Å². The van der Waals surface area contributed by atoms with Crippen molar-refractivity contribution in [1.29, 1.82) is 0 Å². The van der Waals surface area contributed by atoms with Crippen molar-refractivity contribution in [3.05, 3.63) is 23.2 Å². The number of rotatable bonds is 10. The van der Waals surface area contributed by atoms with E-state index in [4.69, 9.17) is 30.5 Å². The highest BCUT2D eigenvalue weighted by Crippen LogP contribution is 2.52. The van der Waals surface area contributed by atoms with Crippen LogP contribution in [0.25, 0.3) is 10.8 Å². The third-order valence-corrected chi connectivity index (χ3v) is 4.24. The average molecular weight is 423 g/mol. The van der Waals surface area contributed by atoms with E-state index >= 15 is 0 Å². The predicted octanol–water partition coefficient (Wildman–Crippen LogP) is 5.70. The van der Waals surface area contributed by atoms with Crippen LogP contribution in [0.4, 0.5) is 0 Å². The monoisotopic (exact) mass is 422 g/mol. The van der Waals surface area contributed by atoms with Crippen LogP contribution in [-0.4, -0.2) is 25.2 Å². The Morgan fingerprint density at radius 2 is 1.24 bits per heavy atom. The number of benzene rings is 2. The van der Waals surface area contributed by atoms with Crippen molar-refractivity contribution in [2.75, 3.05) is 13.2 Å². The van der Waals surface area contributed by atoms with Gasteiger partial charge in [0, 0.05) is 28.6 Å². The van der Waals surface area contributed by atoms with Gasteiger partial charge in [0.05, 0.1) is 13.2 Å². The van der Waals surface area contributed by atoms with Crippen molar-refractivity contribution < 1.29 is 28.5 Å². The SMILES string of the molecule is CCCC(=O)Oc1c(OCC)c(OCC)c(OC(=O)CCC)c2cc(Cl)ccc12. The van der Waals surface area contributed by atoms with Crippen molar-refractivity contribution in [2.45, 2.75) is 53.4 Å². The van der Waals surface area contributed by atoms with Crippen molar-refractivity contribution >= 4 is 34.3 Å². The fraction of sp³-hybridized carbons (Fsp3) is 0.455. The number of fused-ring (bicyclic) bond motifs is 1. The molecule has 6 nitrogen and oxygen atoms in total. The molecule has 0 saturated carbocycles. The Hall–Kier alpha value is -2.47. The van der Waals surface area contributed by atoms with Crippen molar-refractivity contribution in [3.63, 3.8) is 0 Å². The summed E-state index contributed by atoms with van der Waals surface area (Å²) in [6.45, 7) is 8.00. The van der Waals surface area contributed by atoms with Gasteiger partial charge in [-0.15, -0.1) is 0 Å². The predicted molar refractivity (Wildman–Crippen MR) is 112 cm³/mol. The third-order valence-electron chi connectivity index (χ3n) is 4.01. The molecule has 0 atom stereocenters. The van der Waals surface area contributed by atoms with Gasteiger partial charge in [-0.25, -0.2) is 0 Å². The van der Waals surface area contributed by atoms with Crippen molar-refractivity contribution in [2.24, 2.45) is 0 Å². The van der Waals surface area contributed by atoms with E-state index in [0.717, 1.165) is 0 Å². The summed E-state index contributed by atoms with van der Waals surface area (Å²) < 4.78 is 22.9. The van der Waals surface area contributed by atoms with Crippen LogP contribution in [0.3, 0.4) is 0 Å². The molecular formula is C22H27ClO6. The Balaban J connectivity index is 2.81. The Morgan fingerprint density at radius 3 is 1.69 bits per heavy atom. The first kappa shape index (κ1) is 22.8. The molecule has 2 aromatic rings. The third kappa shape index (κ3) is 5.54. The van der Waals surface area contributed by atoms with E-state index in [1.807, 2.05) is 20.8 Å². The highest BCUT2D eigenvalue weighted by atomic mass is 35.5. The van der Waals surface area contributed by atoms with Crippen LogP contribution in [0.1, 0.15) is 53.4 Å². The normalized spacial score (nSPS) is 10.7. The number of carbonyl (C=O) groups is 2. The second-order valence-electron chi connectivity index (χ2n) is 6.32. The topological polar surface area (TPSA) is 71.1 Å². The summed E-state index contributed by atoms with van der Waals surface area (Å²) in [4.78, 5) is 24.5. The summed E-state index contributed by atoms with van der Waals surface area (Å²) in [7, 11) is 0. The quantitative estimate of drug-likeness (QED) is 0.361. The van der Waals surface area contributed by atoms with Gasteiger partial charge in [0.1, 0.15) is 0 Å². The van der Waals surface area contributed by atoms with Crippen molar-refractivity contribution in [3.8, 4) is 23.0 Å². The summed E-state index contributed by atoms with van der Waals surface area (Å²) in [6, 6.07) is 5.04. The molecule has 0 spiro atoms. The highest BCUT2D eigenvalue weighted by Gasteiger charge is 2.27. The number of carbonyl (C=O) groups excluding carboxylic acids is 2. The summed E-state index contributed by atoms with van der Waals surface area (Å²) in [5, 5.41) is 1.50. The standard InChI is InChI=1S/C22H27ClO6/c1-5-9-17(24)28-19-15-12-11-14(23)13-16(15)20(29-18(25)10-6-2)22(27-8-4)21(19)26-7-3/h11-13H,5-10H2,1-4H3. The lowest BCUT2D eigenvalue weighted by Crippen LogP contribution is -2.13. The van der Waals surface area contributed by atoms with E-state index < -0.39 is 5.97 Å². The van der Waals surface area contributed by atoms with Crippen LogP contribution in [0.15, 0.2) is 18.2 Å². The zero-order valence-electron chi connectivity index (χ0n) is 17.3. The number of hydrogen-bond donors (Lipinski definition) is 0. The van der Waals surface area contributed by atoms with Gasteiger partial charge in [0.2, 0.25) is 11.5 Å². The molecule has 0 N–H and O–H groups in total. The minimum Gasteiger partial charge on any atom is -0.487 e. The molecule has 0 amide bonds. The van der Waals surface area contributed by atoms with Crippen LogP contribution in [-0.2, 0) is 9.59 Å². The maximum Gasteiger partial charge on any atom is 0.311 e. The van der Waals surface area contributed by atoms with Gasteiger partial charge in [0.15, 0.2) is 11.5 Å². The van der Waals surface area contributed by atoms with E-state index in [-0.39, 0.29) is 41.8 Å². The smallest absolute Gasteiger partial charge is 0.311 e. The molecule has 0 aliphatic carbocycles. The maximum absolute atomic E-state index is 12.3. The molecule has 2 rings (SSSR count). The first-order valence-electron chi connectivity index (χ1n) is 9.92. The molecule has 0 aromatic heterocycles. The highest BCUT2D eigenvalue weighted by molar-refractivity contribution is 6.31. The van der Waals surface area contributed by atoms with Gasteiger partial charge in [-0.05, 0) is 44.9 Å². The zero-order chi connectivity index (χ0) is 21.4. The van der Waals surface area contributed by atoms with E-state index in [9.17, 15) is 9.59 Å². The van der Waals surface area contributed by atoms with E-state index in [0.29, 0.717) is 41.9 Å². The minimum atomic E-state index is -0.395. The lowest BCUT2D eigenvalue weighted by Gasteiger charge is -2.21. The largest absolute Gasteiger partial charge is 0.487 e. The summed E-state index contributed by atoms with van der Waals surface area (Å²) in [5.74, 6) is 0.105. The molecule has 2 aromatic carbocycles. The Labute approximate surface area is 176 Å². The van der Waals surface area contributed by atoms with Crippen LogP contribution in [0.5, 0.6) is 23.0 Å². The average Bonchev–Trinajstić information content (AvgIpc) is 2.67. The molecule has 0 aliphatic heterocycles. The molecule has 0 saturated heterocycles. The second-order valence-corrected chi connectivity index (χ2v) is 6.76. The lowest BCUT2D eigenvalue weighted by molar-refractivity contribution is -0.135. The van der Waals surface area contributed by atoms with E-state index in [2.05, 4.69) is 0 Å². The fourth-order valence-electron chi connectivity index (χ4n) is 2.84. The summed E-state index contributed by atoms with van der Waals surface area (Å²) >= 11 is 6.21. The molecular weight excluding hydrogens is 396 g/mol. The molecule has 0 unspecified atom stereocenters. The van der Waals surface area contributed by atoms with Gasteiger partial charge >= 0.3 is 11.9 Å². The minimum absolute atomic E-state index is 0.210. The Kier molecular flexibility index (Phi) is 8.58. The number of esters is 2. The second kappa shape index (κ2) is 10.9.